The van der Waals surface area contributed by atoms with Crippen LogP contribution in [0, 0.1) is 0 Å². The Morgan fingerprint density at radius 2 is 1.15 bits per heavy atom. The van der Waals surface area contributed by atoms with E-state index in [0.29, 0.717) is 5.95 Å². The first-order valence-corrected chi connectivity index (χ1v) is 15.2. The molecule has 0 aliphatic rings. The highest BCUT2D eigenvalue weighted by atomic mass is 32.1. The first-order chi connectivity index (χ1) is 20.3. The SMILES string of the molecule is c1ccc(-c2cc(-c3ccccc3)nc(-n3c4ccccc4c4sc5c(sc6ccc7ccccc7c65)c43)n2)cc1. The molecule has 0 spiro atoms. The van der Waals surface area contributed by atoms with Crippen LogP contribution >= 0.6 is 22.7 Å². The van der Waals surface area contributed by atoms with Crippen LogP contribution in [0.15, 0.2) is 127 Å². The molecule has 9 rings (SSSR count). The van der Waals surface area contributed by atoms with Gasteiger partial charge in [-0.3, -0.25) is 4.57 Å². The third-order valence-corrected chi connectivity index (χ3v) is 10.4. The highest BCUT2D eigenvalue weighted by Gasteiger charge is 2.23. The van der Waals surface area contributed by atoms with Crippen LogP contribution < -0.4 is 0 Å². The third kappa shape index (κ3) is 3.43. The van der Waals surface area contributed by atoms with Crippen LogP contribution in [0.5, 0.6) is 0 Å². The lowest BCUT2D eigenvalue weighted by atomic mass is 10.1. The van der Waals surface area contributed by atoms with Gasteiger partial charge in [-0.05, 0) is 29.0 Å². The van der Waals surface area contributed by atoms with Crippen molar-refractivity contribution in [2.75, 3.05) is 0 Å². The second kappa shape index (κ2) is 8.83. The fourth-order valence-corrected chi connectivity index (χ4v) is 8.79. The molecule has 3 nitrogen and oxygen atoms in total. The van der Waals surface area contributed by atoms with E-state index in [4.69, 9.17) is 9.97 Å². The minimum Gasteiger partial charge on any atom is -0.276 e. The van der Waals surface area contributed by atoms with E-state index in [1.807, 2.05) is 34.8 Å². The average molecular weight is 560 g/mol. The van der Waals surface area contributed by atoms with Crippen LogP contribution in [0.3, 0.4) is 0 Å². The van der Waals surface area contributed by atoms with Gasteiger partial charge in [0.15, 0.2) is 0 Å². The minimum atomic E-state index is 0.693. The van der Waals surface area contributed by atoms with Crippen molar-refractivity contribution in [3.8, 4) is 28.5 Å². The number of aromatic nitrogens is 3. The van der Waals surface area contributed by atoms with Crippen LogP contribution in [0.4, 0.5) is 0 Å². The molecule has 0 saturated carbocycles. The number of hydrogen-bond acceptors (Lipinski definition) is 4. The first-order valence-electron chi connectivity index (χ1n) is 13.6. The van der Waals surface area contributed by atoms with E-state index in [1.165, 1.54) is 45.9 Å². The summed E-state index contributed by atoms with van der Waals surface area (Å²) in [6, 6.07) is 44.8. The van der Waals surface area contributed by atoms with Gasteiger partial charge in [0, 0.05) is 26.6 Å². The monoisotopic (exact) mass is 559 g/mol. The molecule has 41 heavy (non-hydrogen) atoms. The summed E-state index contributed by atoms with van der Waals surface area (Å²) in [5.74, 6) is 0.693. The number of hydrogen-bond donors (Lipinski definition) is 0. The van der Waals surface area contributed by atoms with Crippen molar-refractivity contribution in [2.45, 2.75) is 0 Å². The molecule has 0 amide bonds. The molecular weight excluding hydrogens is 539 g/mol. The van der Waals surface area contributed by atoms with Gasteiger partial charge in [0.25, 0.3) is 0 Å². The molecule has 0 aliphatic carbocycles. The quantitative estimate of drug-likeness (QED) is 0.216. The van der Waals surface area contributed by atoms with Crippen LogP contribution in [-0.4, -0.2) is 14.5 Å². The van der Waals surface area contributed by atoms with E-state index in [1.54, 1.807) is 0 Å². The molecule has 0 atom stereocenters. The molecule has 0 N–H and O–H groups in total. The van der Waals surface area contributed by atoms with Crippen molar-refractivity contribution in [1.29, 1.82) is 0 Å². The highest BCUT2D eigenvalue weighted by molar-refractivity contribution is 7.37. The normalized spacial score (nSPS) is 11.9. The maximum Gasteiger partial charge on any atom is 0.235 e. The second-order valence-electron chi connectivity index (χ2n) is 10.2. The minimum absolute atomic E-state index is 0.693. The fraction of sp³-hybridized carbons (Fsp3) is 0. The summed E-state index contributed by atoms with van der Waals surface area (Å²) in [7, 11) is 0. The van der Waals surface area contributed by atoms with Crippen molar-refractivity contribution in [2.24, 2.45) is 0 Å². The van der Waals surface area contributed by atoms with Crippen LogP contribution in [0.1, 0.15) is 0 Å². The molecule has 192 valence electrons. The van der Waals surface area contributed by atoms with Crippen LogP contribution in [0.25, 0.3) is 79.8 Å². The second-order valence-corrected chi connectivity index (χ2v) is 12.3. The third-order valence-electron chi connectivity index (χ3n) is 7.84. The Labute approximate surface area is 243 Å². The van der Waals surface area contributed by atoms with Gasteiger partial charge in [-0.15, -0.1) is 22.7 Å². The molecule has 4 heterocycles. The molecule has 0 saturated heterocycles. The summed E-state index contributed by atoms with van der Waals surface area (Å²) in [6.07, 6.45) is 0. The predicted molar refractivity (Wildman–Crippen MR) is 176 cm³/mol. The average Bonchev–Trinajstić information content (AvgIpc) is 3.69. The molecule has 0 fully saturated rings. The predicted octanol–water partition coefficient (Wildman–Crippen LogP) is 10.5. The van der Waals surface area contributed by atoms with Crippen molar-refractivity contribution < 1.29 is 0 Å². The maximum atomic E-state index is 5.22. The summed E-state index contributed by atoms with van der Waals surface area (Å²) >= 11 is 3.76. The number of benzene rings is 5. The van der Waals surface area contributed by atoms with Gasteiger partial charge in [0.05, 0.1) is 36.5 Å². The first kappa shape index (κ1) is 22.9. The van der Waals surface area contributed by atoms with E-state index in [0.717, 1.165) is 28.0 Å². The molecule has 0 bridgehead atoms. The van der Waals surface area contributed by atoms with Gasteiger partial charge < -0.3 is 0 Å². The van der Waals surface area contributed by atoms with Crippen molar-refractivity contribution in [3.05, 3.63) is 127 Å². The van der Waals surface area contributed by atoms with Gasteiger partial charge in [0.1, 0.15) is 0 Å². The number of nitrogens with zero attached hydrogens (tertiary/aromatic N) is 3. The lowest BCUT2D eigenvalue weighted by molar-refractivity contribution is 0.999. The summed E-state index contributed by atoms with van der Waals surface area (Å²) in [5, 5.41) is 5.17. The Hall–Kier alpha value is -4.84. The lowest BCUT2D eigenvalue weighted by Gasteiger charge is -2.11. The number of rotatable bonds is 3. The van der Waals surface area contributed by atoms with Crippen molar-refractivity contribution in [3.63, 3.8) is 0 Å². The molecular formula is C36H21N3S2. The maximum absolute atomic E-state index is 5.22. The Kier molecular flexibility index (Phi) is 4.94. The van der Waals surface area contributed by atoms with Gasteiger partial charge in [-0.25, -0.2) is 9.97 Å². The molecule has 5 aromatic carbocycles. The lowest BCUT2D eigenvalue weighted by Crippen LogP contribution is -2.03. The Bertz CT molecular complexity index is 2360. The molecule has 0 unspecified atom stereocenters. The standard InChI is InChI=1S/C36H21N3S2/c1-3-12-23(13-4-1)27-21-28(24-14-5-2-6-15-24)38-36(37-27)39-29-18-10-9-17-26(29)33-32(39)35-34(41-33)31-25-16-8-7-11-22(25)19-20-30(31)40-35/h1-21H. The Morgan fingerprint density at radius 1 is 0.512 bits per heavy atom. The van der Waals surface area contributed by atoms with E-state index < -0.39 is 0 Å². The van der Waals surface area contributed by atoms with Crippen LogP contribution in [0.2, 0.25) is 0 Å². The fourth-order valence-electron chi connectivity index (χ4n) is 5.97. The van der Waals surface area contributed by atoms with Gasteiger partial charge in [-0.1, -0.05) is 109 Å². The zero-order chi connectivity index (χ0) is 26.9. The number of fused-ring (bicyclic) bond motifs is 9. The zero-order valence-corrected chi connectivity index (χ0v) is 23.4. The van der Waals surface area contributed by atoms with Crippen LogP contribution in [-0.2, 0) is 0 Å². The Balaban J connectivity index is 1.42. The van der Waals surface area contributed by atoms with E-state index in [-0.39, 0.29) is 0 Å². The topological polar surface area (TPSA) is 30.7 Å². The van der Waals surface area contributed by atoms with Gasteiger partial charge >= 0.3 is 0 Å². The molecule has 5 heteroatoms. The summed E-state index contributed by atoms with van der Waals surface area (Å²) in [4.78, 5) is 10.4. The summed E-state index contributed by atoms with van der Waals surface area (Å²) in [6.45, 7) is 0. The molecule has 4 aromatic heterocycles. The van der Waals surface area contributed by atoms with E-state index in [2.05, 4.69) is 120 Å². The zero-order valence-electron chi connectivity index (χ0n) is 21.8. The summed E-state index contributed by atoms with van der Waals surface area (Å²) < 4.78 is 7.52. The van der Waals surface area contributed by atoms with Gasteiger partial charge in [0.2, 0.25) is 5.95 Å². The smallest absolute Gasteiger partial charge is 0.235 e. The largest absolute Gasteiger partial charge is 0.276 e. The van der Waals surface area contributed by atoms with Gasteiger partial charge in [-0.2, -0.15) is 0 Å². The molecule has 9 aromatic rings. The molecule has 0 radical (unpaired) electrons. The molecule has 0 aliphatic heterocycles. The van der Waals surface area contributed by atoms with E-state index >= 15 is 0 Å². The number of thiophene rings is 2. The van der Waals surface area contributed by atoms with Crippen molar-refractivity contribution in [1.82, 2.24) is 14.5 Å². The Morgan fingerprint density at radius 3 is 1.88 bits per heavy atom. The highest BCUT2D eigenvalue weighted by Crippen LogP contribution is 2.50. The number of para-hydroxylation sites is 1. The van der Waals surface area contributed by atoms with E-state index in [9.17, 15) is 0 Å². The van der Waals surface area contributed by atoms with Crippen molar-refractivity contribution >= 4 is 74.1 Å². The summed E-state index contributed by atoms with van der Waals surface area (Å²) in [5.41, 5.74) is 6.29.